The highest BCUT2D eigenvalue weighted by Gasteiger charge is 2.27. The summed E-state index contributed by atoms with van der Waals surface area (Å²) in [5.74, 6) is 2.33. The van der Waals surface area contributed by atoms with Gasteiger partial charge < -0.3 is 20.2 Å². The van der Waals surface area contributed by atoms with Crippen molar-refractivity contribution in [1.82, 2.24) is 15.4 Å². The summed E-state index contributed by atoms with van der Waals surface area (Å²) in [6, 6.07) is 1.81. The van der Waals surface area contributed by atoms with Crippen molar-refractivity contribution in [3.63, 3.8) is 0 Å². The second kappa shape index (κ2) is 11.5. The Bertz CT molecular complexity index is 773. The van der Waals surface area contributed by atoms with Gasteiger partial charge in [0.1, 0.15) is 17.1 Å². The van der Waals surface area contributed by atoms with Crippen LogP contribution in [0.25, 0.3) is 0 Å². The third-order valence-electron chi connectivity index (χ3n) is 4.99. The third kappa shape index (κ3) is 8.42. The lowest BCUT2D eigenvalue weighted by Crippen LogP contribution is -2.42. The van der Waals surface area contributed by atoms with Gasteiger partial charge in [0, 0.05) is 25.2 Å². The van der Waals surface area contributed by atoms with Crippen molar-refractivity contribution < 1.29 is 17.9 Å². The Kier molecular flexibility index (Phi) is 10.4. The average molecular weight is 542 g/mol. The van der Waals surface area contributed by atoms with Crippen LogP contribution in [-0.4, -0.2) is 51.4 Å². The molecule has 8 nitrogen and oxygen atoms in total. The number of nitrogens with zero attached hydrogens (tertiary/aromatic N) is 1. The first-order valence-corrected chi connectivity index (χ1v) is 11.6. The number of furan rings is 1. The number of guanidine groups is 1. The van der Waals surface area contributed by atoms with Gasteiger partial charge in [-0.1, -0.05) is 6.42 Å². The highest BCUT2D eigenvalue weighted by molar-refractivity contribution is 14.0. The van der Waals surface area contributed by atoms with Gasteiger partial charge in [-0.05, 0) is 52.5 Å². The SMILES string of the molecule is CCNC(=NCC(C)(O)c1cc(C)oc1C)NCCS(=O)(=O)NCC1CCC1.I. The molecular weight excluding hydrogens is 507 g/mol. The van der Waals surface area contributed by atoms with Crippen LogP contribution in [0, 0.1) is 19.8 Å². The zero-order chi connectivity index (χ0) is 20.8. The average Bonchev–Trinajstić information content (AvgIpc) is 2.90. The lowest BCUT2D eigenvalue weighted by molar-refractivity contribution is 0.0657. The summed E-state index contributed by atoms with van der Waals surface area (Å²) in [6.07, 6.45) is 3.40. The molecule has 1 aliphatic rings. The molecule has 1 fully saturated rings. The van der Waals surface area contributed by atoms with E-state index in [1.54, 1.807) is 6.92 Å². The summed E-state index contributed by atoms with van der Waals surface area (Å²) in [4.78, 5) is 4.42. The summed E-state index contributed by atoms with van der Waals surface area (Å²) >= 11 is 0. The molecular formula is C19H35IN4O4S. The maximum Gasteiger partial charge on any atom is 0.213 e. The fraction of sp³-hybridized carbons (Fsp3) is 0.737. The molecule has 0 spiro atoms. The second-order valence-corrected chi connectivity index (χ2v) is 9.61. The van der Waals surface area contributed by atoms with Gasteiger partial charge in [-0.2, -0.15) is 0 Å². The van der Waals surface area contributed by atoms with Crippen molar-refractivity contribution in [3.8, 4) is 0 Å². The minimum atomic E-state index is -3.31. The highest BCUT2D eigenvalue weighted by Crippen LogP contribution is 2.27. The van der Waals surface area contributed by atoms with Crippen molar-refractivity contribution in [2.45, 2.75) is 52.6 Å². The van der Waals surface area contributed by atoms with Crippen molar-refractivity contribution in [3.05, 3.63) is 23.2 Å². The molecule has 4 N–H and O–H groups in total. The quantitative estimate of drug-likeness (QED) is 0.204. The number of rotatable bonds is 10. The molecule has 1 atom stereocenters. The van der Waals surface area contributed by atoms with Crippen molar-refractivity contribution in [1.29, 1.82) is 0 Å². The molecule has 1 aromatic rings. The van der Waals surface area contributed by atoms with Gasteiger partial charge in [0.15, 0.2) is 5.96 Å². The number of aryl methyl sites for hydroxylation is 2. The third-order valence-corrected chi connectivity index (χ3v) is 6.34. The number of aliphatic imine (C=N–C) groups is 1. The van der Waals surface area contributed by atoms with Crippen LogP contribution in [0.4, 0.5) is 0 Å². The van der Waals surface area contributed by atoms with E-state index in [9.17, 15) is 13.5 Å². The van der Waals surface area contributed by atoms with Crippen molar-refractivity contribution in [2.75, 3.05) is 31.9 Å². The molecule has 0 saturated heterocycles. The van der Waals surface area contributed by atoms with E-state index < -0.39 is 15.6 Å². The molecule has 29 heavy (non-hydrogen) atoms. The van der Waals surface area contributed by atoms with Crippen LogP contribution in [0.1, 0.15) is 50.2 Å². The van der Waals surface area contributed by atoms with Crippen LogP contribution in [-0.2, 0) is 15.6 Å². The normalized spacial score (nSPS) is 17.2. The molecule has 10 heteroatoms. The largest absolute Gasteiger partial charge is 0.466 e. The summed E-state index contributed by atoms with van der Waals surface area (Å²) in [5.41, 5.74) is -0.479. The molecule has 0 radical (unpaired) electrons. The maximum absolute atomic E-state index is 12.1. The first kappa shape index (κ1) is 26.2. The minimum Gasteiger partial charge on any atom is -0.466 e. The first-order valence-electron chi connectivity index (χ1n) is 9.92. The second-order valence-electron chi connectivity index (χ2n) is 7.69. The Morgan fingerprint density at radius 3 is 2.55 bits per heavy atom. The molecule has 0 bridgehead atoms. The summed E-state index contributed by atoms with van der Waals surface area (Å²) in [7, 11) is -3.31. The Balaban J connectivity index is 0.00000420. The molecule has 1 aromatic heterocycles. The van der Waals surface area contributed by atoms with E-state index in [1.807, 2.05) is 26.8 Å². The van der Waals surface area contributed by atoms with Crippen LogP contribution in [0.15, 0.2) is 15.5 Å². The van der Waals surface area contributed by atoms with Crippen LogP contribution >= 0.6 is 24.0 Å². The van der Waals surface area contributed by atoms with Crippen LogP contribution in [0.2, 0.25) is 0 Å². The molecule has 1 saturated carbocycles. The van der Waals surface area contributed by atoms with E-state index in [2.05, 4.69) is 20.3 Å². The van der Waals surface area contributed by atoms with Gasteiger partial charge >= 0.3 is 0 Å². The van der Waals surface area contributed by atoms with Gasteiger partial charge in [-0.25, -0.2) is 18.1 Å². The zero-order valence-electron chi connectivity index (χ0n) is 17.7. The molecule has 1 unspecified atom stereocenters. The number of hydrogen-bond donors (Lipinski definition) is 4. The number of sulfonamides is 1. The van der Waals surface area contributed by atoms with Gasteiger partial charge in [0.05, 0.1) is 12.3 Å². The highest BCUT2D eigenvalue weighted by atomic mass is 127. The molecule has 1 aliphatic carbocycles. The van der Waals surface area contributed by atoms with Gasteiger partial charge in [-0.3, -0.25) is 0 Å². The van der Waals surface area contributed by atoms with Crippen LogP contribution < -0.4 is 15.4 Å². The van der Waals surface area contributed by atoms with Gasteiger partial charge in [0.25, 0.3) is 0 Å². The monoisotopic (exact) mass is 542 g/mol. The number of aliphatic hydroxyl groups is 1. The number of nitrogens with one attached hydrogen (secondary N) is 3. The topological polar surface area (TPSA) is 116 Å². The van der Waals surface area contributed by atoms with E-state index >= 15 is 0 Å². The van der Waals surface area contributed by atoms with Crippen molar-refractivity contribution >= 4 is 40.0 Å². The minimum absolute atomic E-state index is 0. The summed E-state index contributed by atoms with van der Waals surface area (Å²) < 4.78 is 32.4. The van der Waals surface area contributed by atoms with E-state index in [0.29, 0.717) is 36.3 Å². The van der Waals surface area contributed by atoms with E-state index in [4.69, 9.17) is 4.42 Å². The Morgan fingerprint density at radius 1 is 1.34 bits per heavy atom. The lowest BCUT2D eigenvalue weighted by atomic mass is 9.86. The molecule has 2 rings (SSSR count). The standard InChI is InChI=1S/C19H34N4O4S.HI/c1-5-20-18(21-9-10-28(25,26)23-12-16-7-6-8-16)22-13-19(4,24)17-11-14(2)27-15(17)3;/h11,16,23-24H,5-10,12-13H2,1-4H3,(H2,20,21,22);1H. The van der Waals surface area contributed by atoms with Crippen LogP contribution in [0.5, 0.6) is 0 Å². The molecule has 0 aliphatic heterocycles. The fourth-order valence-corrected chi connectivity index (χ4v) is 4.15. The molecule has 0 aromatic carbocycles. The summed E-state index contributed by atoms with van der Waals surface area (Å²) in [5, 5.41) is 16.9. The first-order chi connectivity index (χ1) is 13.1. The molecule has 168 valence electrons. The van der Waals surface area contributed by atoms with Gasteiger partial charge in [0.2, 0.25) is 10.0 Å². The fourth-order valence-electron chi connectivity index (χ4n) is 3.14. The van der Waals surface area contributed by atoms with Crippen molar-refractivity contribution in [2.24, 2.45) is 10.9 Å². The predicted molar refractivity (Wildman–Crippen MR) is 126 cm³/mol. The molecule has 1 heterocycles. The Labute approximate surface area is 191 Å². The van der Waals surface area contributed by atoms with E-state index in [1.165, 1.54) is 6.42 Å². The summed E-state index contributed by atoms with van der Waals surface area (Å²) in [6.45, 7) is 8.77. The number of hydrogen-bond acceptors (Lipinski definition) is 5. The van der Waals surface area contributed by atoms with E-state index in [0.717, 1.165) is 18.6 Å². The Hall–Kier alpha value is -0.850. The predicted octanol–water partition coefficient (Wildman–Crippen LogP) is 2.00. The van der Waals surface area contributed by atoms with Crippen LogP contribution in [0.3, 0.4) is 0 Å². The Morgan fingerprint density at radius 2 is 2.03 bits per heavy atom. The smallest absolute Gasteiger partial charge is 0.213 e. The maximum atomic E-state index is 12.1. The van der Waals surface area contributed by atoms with Gasteiger partial charge in [-0.15, -0.1) is 24.0 Å². The lowest BCUT2D eigenvalue weighted by Gasteiger charge is -2.25. The molecule has 0 amide bonds. The zero-order valence-corrected chi connectivity index (χ0v) is 20.9. The number of halogens is 1. The van der Waals surface area contributed by atoms with E-state index in [-0.39, 0.29) is 42.8 Å².